The molecular formula is C17H17FN2O5S. The van der Waals surface area contributed by atoms with Crippen LogP contribution in [0.1, 0.15) is 10.4 Å². The Morgan fingerprint density at radius 1 is 1.19 bits per heavy atom. The fourth-order valence-corrected chi connectivity index (χ4v) is 3.46. The second-order valence-electron chi connectivity index (χ2n) is 5.61. The number of carbonyl (C=O) groups is 1. The van der Waals surface area contributed by atoms with Gasteiger partial charge in [-0.15, -0.1) is 0 Å². The summed E-state index contributed by atoms with van der Waals surface area (Å²) in [4.78, 5) is 12.0. The zero-order chi connectivity index (χ0) is 18.7. The Morgan fingerprint density at radius 3 is 2.65 bits per heavy atom. The van der Waals surface area contributed by atoms with Crippen molar-refractivity contribution in [3.63, 3.8) is 0 Å². The molecule has 0 saturated heterocycles. The van der Waals surface area contributed by atoms with Gasteiger partial charge in [0.2, 0.25) is 16.8 Å². The molecule has 0 fully saturated rings. The lowest BCUT2D eigenvalue weighted by Crippen LogP contribution is -2.38. The van der Waals surface area contributed by atoms with Crippen molar-refractivity contribution < 1.29 is 27.1 Å². The lowest BCUT2D eigenvalue weighted by molar-refractivity contribution is 0.0951. The van der Waals surface area contributed by atoms with Crippen LogP contribution in [0, 0.1) is 5.82 Å². The van der Waals surface area contributed by atoms with E-state index < -0.39 is 21.7 Å². The molecule has 7 nitrogen and oxygen atoms in total. The van der Waals surface area contributed by atoms with Gasteiger partial charge in [-0.05, 0) is 24.3 Å². The van der Waals surface area contributed by atoms with E-state index in [2.05, 4.69) is 5.32 Å². The topological polar surface area (TPSA) is 84.9 Å². The molecule has 0 unspecified atom stereocenters. The first-order chi connectivity index (χ1) is 12.4. The van der Waals surface area contributed by atoms with E-state index in [1.807, 2.05) is 0 Å². The van der Waals surface area contributed by atoms with Crippen LogP contribution >= 0.6 is 0 Å². The molecule has 0 spiro atoms. The SMILES string of the molecule is CS(=O)(=O)N(CCNC(=O)c1ccccc1F)c1ccc2c(c1)OCO2. The predicted octanol–water partition coefficient (Wildman–Crippen LogP) is 1.75. The molecule has 3 rings (SSSR count). The van der Waals surface area contributed by atoms with Crippen LogP contribution in [0.15, 0.2) is 42.5 Å². The zero-order valence-electron chi connectivity index (χ0n) is 13.9. The number of carbonyl (C=O) groups excluding carboxylic acids is 1. The van der Waals surface area contributed by atoms with Gasteiger partial charge in [0.15, 0.2) is 11.5 Å². The minimum Gasteiger partial charge on any atom is -0.454 e. The number of hydrogen-bond donors (Lipinski definition) is 1. The maximum Gasteiger partial charge on any atom is 0.254 e. The Bertz CT molecular complexity index is 933. The zero-order valence-corrected chi connectivity index (χ0v) is 14.8. The molecule has 2 aromatic carbocycles. The van der Waals surface area contributed by atoms with Crippen LogP contribution in [0.2, 0.25) is 0 Å². The molecule has 0 aliphatic carbocycles. The van der Waals surface area contributed by atoms with E-state index in [0.717, 1.165) is 10.6 Å². The first kappa shape index (κ1) is 18.0. The van der Waals surface area contributed by atoms with Gasteiger partial charge < -0.3 is 14.8 Å². The van der Waals surface area contributed by atoms with Crippen molar-refractivity contribution in [1.82, 2.24) is 5.32 Å². The Hall–Kier alpha value is -2.81. The van der Waals surface area contributed by atoms with Crippen molar-refractivity contribution in [2.75, 3.05) is 30.4 Å². The number of nitrogens with one attached hydrogen (secondary N) is 1. The van der Waals surface area contributed by atoms with Gasteiger partial charge in [-0.3, -0.25) is 9.10 Å². The smallest absolute Gasteiger partial charge is 0.254 e. The molecular weight excluding hydrogens is 363 g/mol. The highest BCUT2D eigenvalue weighted by Crippen LogP contribution is 2.35. The highest BCUT2D eigenvalue weighted by molar-refractivity contribution is 7.92. The number of ether oxygens (including phenoxy) is 2. The Morgan fingerprint density at radius 2 is 1.92 bits per heavy atom. The van der Waals surface area contributed by atoms with Crippen molar-refractivity contribution in [3.8, 4) is 11.5 Å². The average Bonchev–Trinajstić information content (AvgIpc) is 3.05. The van der Waals surface area contributed by atoms with Gasteiger partial charge in [-0.1, -0.05) is 12.1 Å². The molecule has 1 aliphatic heterocycles. The predicted molar refractivity (Wildman–Crippen MR) is 93.5 cm³/mol. The molecule has 0 saturated carbocycles. The number of nitrogens with zero attached hydrogens (tertiary/aromatic N) is 1. The fourth-order valence-electron chi connectivity index (χ4n) is 2.54. The van der Waals surface area contributed by atoms with Crippen LogP contribution in [0.4, 0.5) is 10.1 Å². The van der Waals surface area contributed by atoms with Crippen LogP contribution in [-0.2, 0) is 10.0 Å². The average molecular weight is 380 g/mol. The third-order valence-electron chi connectivity index (χ3n) is 3.76. The molecule has 0 radical (unpaired) electrons. The van der Waals surface area contributed by atoms with Crippen molar-refractivity contribution in [3.05, 3.63) is 53.8 Å². The number of rotatable bonds is 6. The van der Waals surface area contributed by atoms with Crippen LogP contribution in [0.3, 0.4) is 0 Å². The summed E-state index contributed by atoms with van der Waals surface area (Å²) in [5.41, 5.74) is 0.290. The van der Waals surface area contributed by atoms with Crippen molar-refractivity contribution in [1.29, 1.82) is 0 Å². The number of benzene rings is 2. The summed E-state index contributed by atoms with van der Waals surface area (Å²) >= 11 is 0. The number of sulfonamides is 1. The first-order valence-corrected chi connectivity index (χ1v) is 9.61. The molecule has 1 heterocycles. The van der Waals surface area contributed by atoms with Crippen molar-refractivity contribution in [2.45, 2.75) is 0 Å². The minimum atomic E-state index is -3.59. The van der Waals surface area contributed by atoms with Gasteiger partial charge in [-0.25, -0.2) is 12.8 Å². The number of halogens is 1. The molecule has 9 heteroatoms. The van der Waals surface area contributed by atoms with Crippen molar-refractivity contribution in [2.24, 2.45) is 0 Å². The second-order valence-corrected chi connectivity index (χ2v) is 7.52. The van der Waals surface area contributed by atoms with Gasteiger partial charge in [0, 0.05) is 12.6 Å². The number of fused-ring (bicyclic) bond motifs is 1. The van der Waals surface area contributed by atoms with Crippen molar-refractivity contribution >= 4 is 21.6 Å². The summed E-state index contributed by atoms with van der Waals surface area (Å²) in [6.07, 6.45) is 1.07. The number of amides is 1. The minimum absolute atomic E-state index is 0.00861. The summed E-state index contributed by atoms with van der Waals surface area (Å²) in [7, 11) is -3.59. The van der Waals surface area contributed by atoms with E-state index >= 15 is 0 Å². The fraction of sp³-hybridized carbons (Fsp3) is 0.235. The Kier molecular flexibility index (Phi) is 4.99. The molecule has 1 amide bonds. The summed E-state index contributed by atoms with van der Waals surface area (Å²) in [5.74, 6) is -0.260. The number of anilines is 1. The lowest BCUT2D eigenvalue weighted by Gasteiger charge is -2.22. The molecule has 0 bridgehead atoms. The monoisotopic (exact) mass is 380 g/mol. The maximum absolute atomic E-state index is 13.6. The van der Waals surface area contributed by atoms with E-state index in [0.29, 0.717) is 17.2 Å². The lowest BCUT2D eigenvalue weighted by atomic mass is 10.2. The normalized spacial score (nSPS) is 12.7. The molecule has 2 aromatic rings. The van der Waals surface area contributed by atoms with E-state index in [9.17, 15) is 17.6 Å². The van der Waals surface area contributed by atoms with Crippen LogP contribution in [0.25, 0.3) is 0 Å². The van der Waals surface area contributed by atoms with Gasteiger partial charge >= 0.3 is 0 Å². The molecule has 0 atom stereocenters. The molecule has 1 aliphatic rings. The standard InChI is InChI=1S/C17H17FN2O5S/c1-26(22,23)20(12-6-7-15-16(10-12)25-11-24-15)9-8-19-17(21)13-4-2-3-5-14(13)18/h2-7,10H,8-9,11H2,1H3,(H,19,21). The first-order valence-electron chi connectivity index (χ1n) is 7.76. The summed E-state index contributed by atoms with van der Waals surface area (Å²) in [6, 6.07) is 10.3. The molecule has 138 valence electrons. The number of hydrogen-bond acceptors (Lipinski definition) is 5. The van der Waals surface area contributed by atoms with Gasteiger partial charge in [0.1, 0.15) is 5.82 Å². The van der Waals surface area contributed by atoms with E-state index in [4.69, 9.17) is 9.47 Å². The highest BCUT2D eigenvalue weighted by atomic mass is 32.2. The van der Waals surface area contributed by atoms with E-state index in [1.165, 1.54) is 18.2 Å². The van der Waals surface area contributed by atoms with Gasteiger partial charge in [0.25, 0.3) is 5.91 Å². The highest BCUT2D eigenvalue weighted by Gasteiger charge is 2.21. The summed E-state index contributed by atoms with van der Waals surface area (Å²) in [6.45, 7) is 0.0731. The summed E-state index contributed by atoms with van der Waals surface area (Å²) < 4.78 is 49.4. The van der Waals surface area contributed by atoms with E-state index in [-0.39, 0.29) is 25.4 Å². The second kappa shape index (κ2) is 7.20. The van der Waals surface area contributed by atoms with Crippen LogP contribution in [0.5, 0.6) is 11.5 Å². The van der Waals surface area contributed by atoms with Gasteiger partial charge in [0.05, 0.1) is 24.1 Å². The van der Waals surface area contributed by atoms with E-state index in [1.54, 1.807) is 24.3 Å². The third-order valence-corrected chi connectivity index (χ3v) is 4.96. The van der Waals surface area contributed by atoms with Crippen LogP contribution < -0.4 is 19.1 Å². The Labute approximate surface area is 150 Å². The van der Waals surface area contributed by atoms with Gasteiger partial charge in [-0.2, -0.15) is 0 Å². The molecule has 1 N–H and O–H groups in total. The summed E-state index contributed by atoms with van der Waals surface area (Å²) in [5, 5.41) is 2.52. The molecule has 0 aromatic heterocycles. The van der Waals surface area contributed by atoms with Crippen LogP contribution in [-0.4, -0.2) is 40.5 Å². The molecule has 26 heavy (non-hydrogen) atoms. The maximum atomic E-state index is 13.6. The largest absolute Gasteiger partial charge is 0.454 e. The Balaban J connectivity index is 1.70. The third kappa shape index (κ3) is 3.88. The quantitative estimate of drug-likeness (QED) is 0.825.